The Hall–Kier alpha value is -4.11. The van der Waals surface area contributed by atoms with Gasteiger partial charge < -0.3 is 10.1 Å². The number of ether oxygens (including phenoxy) is 1. The highest BCUT2D eigenvalue weighted by atomic mass is 32.1. The van der Waals surface area contributed by atoms with E-state index in [2.05, 4.69) is 10.4 Å². The zero-order valence-corrected chi connectivity index (χ0v) is 19.7. The van der Waals surface area contributed by atoms with Gasteiger partial charge >= 0.3 is 0 Å². The highest BCUT2D eigenvalue weighted by Crippen LogP contribution is 2.33. The number of benzene rings is 3. The fraction of sp³-hybridized carbons (Fsp3) is 0.115. The summed E-state index contributed by atoms with van der Waals surface area (Å²) in [5, 5.41) is 9.19. The molecule has 0 radical (unpaired) electrons. The first-order valence-electron chi connectivity index (χ1n) is 10.8. The Morgan fingerprint density at radius 3 is 2.74 bits per heavy atom. The average molecular weight is 491 g/mol. The summed E-state index contributed by atoms with van der Waals surface area (Å²) in [7, 11) is 0. The number of hydrogen-bond donors (Lipinski definition) is 1. The van der Waals surface area contributed by atoms with Gasteiger partial charge in [-0.25, -0.2) is 18.4 Å². The van der Waals surface area contributed by atoms with Crippen molar-refractivity contribution in [1.29, 1.82) is 0 Å². The molecule has 0 spiro atoms. The smallest absolute Gasteiger partial charge is 0.262 e. The first-order chi connectivity index (χ1) is 16.9. The monoisotopic (exact) mass is 490 g/mol. The van der Waals surface area contributed by atoms with Crippen molar-refractivity contribution in [3.8, 4) is 17.0 Å². The second-order valence-electron chi connectivity index (χ2n) is 8.08. The maximum Gasteiger partial charge on any atom is 0.262 e. The zero-order chi connectivity index (χ0) is 24.5. The standard InChI is InChI=1S/C26H20F2N4O2S/c1-15-3-7-21(16(2)9-15)31-26-32(29-12-18-4-6-19(27)11-20(18)28)23(14-35-26)17-5-8-24-22(10-17)30-25(33)13-34-24/h3-12,14H,13H2,1-2H3,(H,30,33). The Kier molecular flexibility index (Phi) is 6.00. The van der Waals surface area contributed by atoms with Gasteiger partial charge in [-0.1, -0.05) is 17.7 Å². The van der Waals surface area contributed by atoms with Crippen LogP contribution in [-0.4, -0.2) is 23.4 Å². The molecule has 0 aliphatic carbocycles. The summed E-state index contributed by atoms with van der Waals surface area (Å²) in [6.07, 6.45) is 1.33. The molecular weight excluding hydrogens is 470 g/mol. The van der Waals surface area contributed by atoms with Crippen LogP contribution in [0.4, 0.5) is 20.2 Å². The van der Waals surface area contributed by atoms with Crippen molar-refractivity contribution in [2.45, 2.75) is 13.8 Å². The van der Waals surface area contributed by atoms with Crippen molar-refractivity contribution in [3.05, 3.63) is 93.1 Å². The van der Waals surface area contributed by atoms with Gasteiger partial charge in [-0.15, -0.1) is 11.3 Å². The first-order valence-corrected chi connectivity index (χ1v) is 11.6. The van der Waals surface area contributed by atoms with Crippen LogP contribution in [0.1, 0.15) is 16.7 Å². The number of anilines is 1. The number of carbonyl (C=O) groups excluding carboxylic acids is 1. The van der Waals surface area contributed by atoms with E-state index >= 15 is 0 Å². The number of fused-ring (bicyclic) bond motifs is 1. The van der Waals surface area contributed by atoms with Crippen LogP contribution < -0.4 is 14.9 Å². The number of nitrogens with zero attached hydrogens (tertiary/aromatic N) is 3. The van der Waals surface area contributed by atoms with Gasteiger partial charge in [-0.3, -0.25) is 4.79 Å². The molecular formula is C26H20F2N4O2S. The second kappa shape index (κ2) is 9.27. The Bertz CT molecular complexity index is 1560. The summed E-state index contributed by atoms with van der Waals surface area (Å²) in [4.78, 5) is 17.1. The number of aryl methyl sites for hydroxylation is 2. The lowest BCUT2D eigenvalue weighted by molar-refractivity contribution is -0.118. The Labute approximate surface area is 203 Å². The van der Waals surface area contributed by atoms with Crippen LogP contribution in [0.2, 0.25) is 0 Å². The summed E-state index contributed by atoms with van der Waals surface area (Å²) in [6.45, 7) is 3.96. The Morgan fingerprint density at radius 2 is 1.94 bits per heavy atom. The van der Waals surface area contributed by atoms with E-state index in [4.69, 9.17) is 9.73 Å². The van der Waals surface area contributed by atoms with Gasteiger partial charge in [0.25, 0.3) is 5.91 Å². The number of carbonyl (C=O) groups is 1. The van der Waals surface area contributed by atoms with E-state index in [0.29, 0.717) is 21.9 Å². The molecule has 3 aromatic carbocycles. The van der Waals surface area contributed by atoms with Crippen molar-refractivity contribution in [1.82, 2.24) is 4.68 Å². The molecule has 4 aromatic rings. The number of amides is 1. The van der Waals surface area contributed by atoms with Crippen molar-refractivity contribution in [2.24, 2.45) is 10.1 Å². The molecule has 1 N–H and O–H groups in total. The lowest BCUT2D eigenvalue weighted by atomic mass is 10.1. The minimum Gasteiger partial charge on any atom is -0.482 e. The third-order valence-electron chi connectivity index (χ3n) is 5.44. The molecule has 6 nitrogen and oxygen atoms in total. The molecule has 0 unspecified atom stereocenters. The molecule has 1 amide bonds. The van der Waals surface area contributed by atoms with E-state index in [1.54, 1.807) is 16.8 Å². The Morgan fingerprint density at radius 1 is 1.09 bits per heavy atom. The molecule has 9 heteroatoms. The van der Waals surface area contributed by atoms with Gasteiger partial charge in [-0.05, 0) is 55.8 Å². The molecule has 0 fully saturated rings. The van der Waals surface area contributed by atoms with Crippen molar-refractivity contribution >= 4 is 34.8 Å². The van der Waals surface area contributed by atoms with Crippen LogP contribution in [0, 0.1) is 25.5 Å². The quantitative estimate of drug-likeness (QED) is 0.381. The largest absolute Gasteiger partial charge is 0.482 e. The van der Waals surface area contributed by atoms with Crippen molar-refractivity contribution in [2.75, 3.05) is 11.9 Å². The van der Waals surface area contributed by atoms with Gasteiger partial charge in [0.05, 0.1) is 23.3 Å². The number of rotatable bonds is 4. The summed E-state index contributed by atoms with van der Waals surface area (Å²) in [6, 6.07) is 14.7. The van der Waals surface area contributed by atoms with Gasteiger partial charge in [-0.2, -0.15) is 5.10 Å². The summed E-state index contributed by atoms with van der Waals surface area (Å²) in [5.41, 5.74) is 5.05. The number of nitrogens with one attached hydrogen (secondary N) is 1. The van der Waals surface area contributed by atoms with Crippen LogP contribution in [0.15, 0.2) is 70.1 Å². The highest BCUT2D eigenvalue weighted by molar-refractivity contribution is 7.07. The Balaban J connectivity index is 1.65. The van der Waals surface area contributed by atoms with Gasteiger partial charge in [0.2, 0.25) is 4.80 Å². The molecule has 1 aliphatic heterocycles. The predicted molar refractivity (Wildman–Crippen MR) is 132 cm³/mol. The minimum absolute atomic E-state index is 0.0305. The number of thiazole rings is 1. The SMILES string of the molecule is Cc1ccc(N=c2scc(-c3ccc4c(c3)NC(=O)CO4)n2N=Cc2ccc(F)cc2F)c(C)c1. The predicted octanol–water partition coefficient (Wildman–Crippen LogP) is 5.56. The first kappa shape index (κ1) is 22.7. The lowest BCUT2D eigenvalue weighted by Gasteiger charge is -2.18. The molecule has 1 aromatic heterocycles. The molecule has 5 rings (SSSR count). The van der Waals surface area contributed by atoms with E-state index < -0.39 is 11.6 Å². The van der Waals surface area contributed by atoms with Crippen LogP contribution in [0.5, 0.6) is 5.75 Å². The molecule has 0 saturated carbocycles. The molecule has 1 aliphatic rings. The zero-order valence-electron chi connectivity index (χ0n) is 18.9. The topological polar surface area (TPSA) is 68.0 Å². The van der Waals surface area contributed by atoms with E-state index in [0.717, 1.165) is 28.4 Å². The van der Waals surface area contributed by atoms with Crippen molar-refractivity contribution < 1.29 is 18.3 Å². The third-order valence-corrected chi connectivity index (χ3v) is 6.25. The molecule has 0 bridgehead atoms. The van der Waals surface area contributed by atoms with E-state index in [-0.39, 0.29) is 18.1 Å². The molecule has 0 atom stereocenters. The molecule has 0 saturated heterocycles. The summed E-state index contributed by atoms with van der Waals surface area (Å²) in [5.74, 6) is -1.03. The summed E-state index contributed by atoms with van der Waals surface area (Å²) < 4.78 is 34.6. The third kappa shape index (κ3) is 4.76. The van der Waals surface area contributed by atoms with Crippen molar-refractivity contribution in [3.63, 3.8) is 0 Å². The molecule has 176 valence electrons. The second-order valence-corrected chi connectivity index (χ2v) is 8.91. The van der Waals surface area contributed by atoms with Gasteiger partial charge in [0.15, 0.2) is 6.61 Å². The normalized spacial score (nSPS) is 13.6. The van der Waals surface area contributed by atoms with Crippen LogP contribution >= 0.6 is 11.3 Å². The van der Waals surface area contributed by atoms with Gasteiger partial charge in [0.1, 0.15) is 17.4 Å². The van der Waals surface area contributed by atoms with E-state index in [9.17, 15) is 13.6 Å². The maximum absolute atomic E-state index is 14.3. The molecule has 2 heterocycles. The van der Waals surface area contributed by atoms with Gasteiger partial charge in [0, 0.05) is 22.6 Å². The van der Waals surface area contributed by atoms with E-state index in [1.165, 1.54) is 29.7 Å². The summed E-state index contributed by atoms with van der Waals surface area (Å²) >= 11 is 1.37. The fourth-order valence-corrected chi connectivity index (χ4v) is 4.54. The minimum atomic E-state index is -0.715. The number of hydrogen-bond acceptors (Lipinski definition) is 5. The molecule has 35 heavy (non-hydrogen) atoms. The fourth-order valence-electron chi connectivity index (χ4n) is 3.69. The van der Waals surface area contributed by atoms with Crippen LogP contribution in [0.3, 0.4) is 0 Å². The van der Waals surface area contributed by atoms with Crippen LogP contribution in [-0.2, 0) is 4.79 Å². The highest BCUT2D eigenvalue weighted by Gasteiger charge is 2.18. The lowest BCUT2D eigenvalue weighted by Crippen LogP contribution is -2.25. The van der Waals surface area contributed by atoms with E-state index in [1.807, 2.05) is 43.5 Å². The average Bonchev–Trinajstić information content (AvgIpc) is 3.22. The maximum atomic E-state index is 14.3. The van der Waals surface area contributed by atoms with Crippen LogP contribution in [0.25, 0.3) is 11.3 Å². The number of halogens is 2. The number of aromatic nitrogens is 1.